The molecule has 98 valence electrons. The van der Waals surface area contributed by atoms with Crippen LogP contribution in [0.2, 0.25) is 0 Å². The molecule has 0 aromatic rings. The van der Waals surface area contributed by atoms with E-state index < -0.39 is 18.0 Å². The molecular formula is C12H15NO5. The Bertz CT molecular complexity index is 357. The van der Waals surface area contributed by atoms with Crippen LogP contribution >= 0.6 is 0 Å². The summed E-state index contributed by atoms with van der Waals surface area (Å²) in [4.78, 5) is 36.0. The molecular weight excluding hydrogens is 238 g/mol. The third-order valence-electron chi connectivity index (χ3n) is 1.81. The van der Waals surface area contributed by atoms with Gasteiger partial charge in [-0.15, -0.1) is 0 Å². The van der Waals surface area contributed by atoms with Crippen LogP contribution in [0.3, 0.4) is 0 Å². The van der Waals surface area contributed by atoms with Crippen molar-refractivity contribution in [3.05, 3.63) is 25.3 Å². The maximum Gasteiger partial charge on any atom is 0.332 e. The fraction of sp³-hybridized carbons (Fsp3) is 0.417. The van der Waals surface area contributed by atoms with Crippen LogP contribution in [-0.2, 0) is 23.9 Å². The predicted octanol–water partition coefficient (Wildman–Crippen LogP) is 0.929. The predicted molar refractivity (Wildman–Crippen MR) is 63.5 cm³/mol. The second-order valence-corrected chi connectivity index (χ2v) is 3.17. The van der Waals surface area contributed by atoms with E-state index in [0.29, 0.717) is 0 Å². The smallest absolute Gasteiger partial charge is 0.332 e. The molecule has 6 heteroatoms. The van der Waals surface area contributed by atoms with Gasteiger partial charge in [0.05, 0.1) is 0 Å². The Morgan fingerprint density at radius 3 is 2.39 bits per heavy atom. The molecule has 0 aliphatic heterocycles. The van der Waals surface area contributed by atoms with Crippen LogP contribution in [0.4, 0.5) is 0 Å². The molecule has 0 spiro atoms. The summed E-state index contributed by atoms with van der Waals surface area (Å²) < 4.78 is 9.44. The first-order valence-corrected chi connectivity index (χ1v) is 5.26. The van der Waals surface area contributed by atoms with E-state index in [9.17, 15) is 14.4 Å². The van der Waals surface area contributed by atoms with Crippen molar-refractivity contribution in [2.75, 3.05) is 13.2 Å². The maximum atomic E-state index is 11.4. The molecule has 0 radical (unpaired) electrons. The van der Waals surface area contributed by atoms with E-state index in [4.69, 9.17) is 9.47 Å². The molecule has 0 N–H and O–H groups in total. The van der Waals surface area contributed by atoms with Crippen LogP contribution in [0.1, 0.15) is 12.8 Å². The zero-order chi connectivity index (χ0) is 13.8. The van der Waals surface area contributed by atoms with Gasteiger partial charge in [0, 0.05) is 6.42 Å². The lowest BCUT2D eigenvalue weighted by molar-refractivity contribution is -0.145. The Morgan fingerprint density at radius 2 is 1.83 bits per heavy atom. The standard InChI is InChI=1S/C12H15NO5/c1-3-7-17-11(15)6-5-10(13-9-14)12(16)18-8-4-2/h3-4,10H,1-2,5-8H2/t10-/m0/s1. The molecule has 1 atom stereocenters. The monoisotopic (exact) mass is 253 g/mol. The molecule has 0 aromatic carbocycles. The first-order chi connectivity index (χ1) is 8.65. The fourth-order valence-corrected chi connectivity index (χ4v) is 1.01. The summed E-state index contributed by atoms with van der Waals surface area (Å²) in [5.41, 5.74) is 0. The van der Waals surface area contributed by atoms with Crippen molar-refractivity contribution < 1.29 is 23.9 Å². The summed E-state index contributed by atoms with van der Waals surface area (Å²) in [6, 6.07) is -1.04. The van der Waals surface area contributed by atoms with E-state index in [-0.39, 0.29) is 26.1 Å². The highest BCUT2D eigenvalue weighted by atomic mass is 16.5. The molecule has 0 rings (SSSR count). The summed E-state index contributed by atoms with van der Waals surface area (Å²) in [6.07, 6.45) is 4.07. The molecule has 0 fully saturated rings. The summed E-state index contributed by atoms with van der Waals surface area (Å²) in [5.74, 6) is -1.20. The molecule has 0 amide bonds. The highest BCUT2D eigenvalue weighted by Crippen LogP contribution is 2.05. The first-order valence-electron chi connectivity index (χ1n) is 5.26. The second-order valence-electron chi connectivity index (χ2n) is 3.17. The Hall–Kier alpha value is -2.20. The average molecular weight is 253 g/mol. The van der Waals surface area contributed by atoms with Crippen molar-refractivity contribution >= 4 is 18.0 Å². The molecule has 0 aliphatic rings. The fourth-order valence-electron chi connectivity index (χ4n) is 1.01. The van der Waals surface area contributed by atoms with Gasteiger partial charge in [0.15, 0.2) is 6.04 Å². The van der Waals surface area contributed by atoms with Crippen LogP contribution in [0.25, 0.3) is 0 Å². The van der Waals surface area contributed by atoms with Crippen molar-refractivity contribution in [1.29, 1.82) is 0 Å². The molecule has 0 heterocycles. The Balaban J connectivity index is 4.22. The minimum Gasteiger partial charge on any atom is -0.461 e. The largest absolute Gasteiger partial charge is 0.461 e. The Morgan fingerprint density at radius 1 is 1.22 bits per heavy atom. The van der Waals surface area contributed by atoms with Crippen molar-refractivity contribution in [1.82, 2.24) is 0 Å². The summed E-state index contributed by atoms with van der Waals surface area (Å²) in [6.45, 7) is 6.88. The van der Waals surface area contributed by atoms with Gasteiger partial charge >= 0.3 is 11.9 Å². The van der Waals surface area contributed by atoms with Crippen LogP contribution in [-0.4, -0.2) is 37.3 Å². The molecule has 0 saturated carbocycles. The van der Waals surface area contributed by atoms with Crippen LogP contribution in [0.15, 0.2) is 30.3 Å². The molecule has 0 aromatic heterocycles. The zero-order valence-electron chi connectivity index (χ0n) is 9.96. The quantitative estimate of drug-likeness (QED) is 0.264. The molecule has 18 heavy (non-hydrogen) atoms. The summed E-state index contributed by atoms with van der Waals surface area (Å²) in [7, 11) is 0. The minimum atomic E-state index is -1.04. The van der Waals surface area contributed by atoms with Crippen LogP contribution < -0.4 is 0 Å². The van der Waals surface area contributed by atoms with E-state index >= 15 is 0 Å². The number of ether oxygens (including phenoxy) is 2. The number of aliphatic imine (C=N–C) groups is 1. The zero-order valence-corrected chi connectivity index (χ0v) is 9.96. The third kappa shape index (κ3) is 7.14. The van der Waals surface area contributed by atoms with Crippen LogP contribution in [0.5, 0.6) is 0 Å². The Kier molecular flexibility index (Phi) is 8.77. The molecule has 0 saturated heterocycles. The topological polar surface area (TPSA) is 82.0 Å². The number of hydrogen-bond acceptors (Lipinski definition) is 6. The van der Waals surface area contributed by atoms with Crippen LogP contribution in [0, 0.1) is 0 Å². The number of hydrogen-bond donors (Lipinski definition) is 0. The van der Waals surface area contributed by atoms with Gasteiger partial charge < -0.3 is 9.47 Å². The van der Waals surface area contributed by atoms with Gasteiger partial charge in [-0.3, -0.25) is 4.79 Å². The number of isocyanates is 1. The number of carbonyl (C=O) groups excluding carboxylic acids is 3. The lowest BCUT2D eigenvalue weighted by Crippen LogP contribution is -2.23. The average Bonchev–Trinajstić information content (AvgIpc) is 2.38. The van der Waals surface area contributed by atoms with E-state index in [1.165, 1.54) is 18.2 Å². The van der Waals surface area contributed by atoms with Crippen molar-refractivity contribution in [3.8, 4) is 0 Å². The molecule has 0 aliphatic carbocycles. The molecule has 0 bridgehead atoms. The minimum absolute atomic E-state index is 0.0185. The number of carbonyl (C=O) groups is 2. The second kappa shape index (κ2) is 9.99. The van der Waals surface area contributed by atoms with Gasteiger partial charge in [-0.05, 0) is 6.42 Å². The SMILES string of the molecule is C=CCOC(=O)CC[C@H](N=C=O)C(=O)OCC=C. The van der Waals surface area contributed by atoms with Crippen molar-refractivity contribution in [3.63, 3.8) is 0 Å². The van der Waals surface area contributed by atoms with Gasteiger partial charge in [-0.25, -0.2) is 9.59 Å². The number of rotatable bonds is 9. The van der Waals surface area contributed by atoms with Gasteiger partial charge in [-0.1, -0.05) is 25.3 Å². The Labute approximate surface area is 105 Å². The van der Waals surface area contributed by atoms with E-state index in [1.54, 1.807) is 0 Å². The highest BCUT2D eigenvalue weighted by molar-refractivity contribution is 5.78. The lowest BCUT2D eigenvalue weighted by Gasteiger charge is -2.09. The van der Waals surface area contributed by atoms with Gasteiger partial charge in [-0.2, -0.15) is 4.99 Å². The number of esters is 2. The number of nitrogens with zero attached hydrogens (tertiary/aromatic N) is 1. The summed E-state index contributed by atoms with van der Waals surface area (Å²) >= 11 is 0. The normalized spacial score (nSPS) is 10.7. The van der Waals surface area contributed by atoms with Gasteiger partial charge in [0.25, 0.3) is 0 Å². The highest BCUT2D eigenvalue weighted by Gasteiger charge is 2.20. The van der Waals surface area contributed by atoms with Gasteiger partial charge in [0.1, 0.15) is 13.2 Å². The van der Waals surface area contributed by atoms with Crippen molar-refractivity contribution in [2.24, 2.45) is 4.99 Å². The molecule has 0 unspecified atom stereocenters. The summed E-state index contributed by atoms with van der Waals surface area (Å²) in [5, 5.41) is 0. The van der Waals surface area contributed by atoms with Crippen molar-refractivity contribution in [2.45, 2.75) is 18.9 Å². The lowest BCUT2D eigenvalue weighted by atomic mass is 10.1. The van der Waals surface area contributed by atoms with E-state index in [2.05, 4.69) is 18.2 Å². The third-order valence-corrected chi connectivity index (χ3v) is 1.81. The maximum absolute atomic E-state index is 11.4. The van der Waals surface area contributed by atoms with Gasteiger partial charge in [0.2, 0.25) is 6.08 Å². The molecule has 6 nitrogen and oxygen atoms in total. The van der Waals surface area contributed by atoms with E-state index in [1.807, 2.05) is 0 Å². The van der Waals surface area contributed by atoms with E-state index in [0.717, 1.165) is 0 Å². The first kappa shape index (κ1) is 15.8.